The minimum Gasteiger partial charge on any atom is -0.346 e. The molecule has 2 rings (SSSR count). The van der Waals surface area contributed by atoms with E-state index in [1.807, 2.05) is 42.7 Å². The summed E-state index contributed by atoms with van der Waals surface area (Å²) >= 11 is 0. The van der Waals surface area contributed by atoms with Crippen molar-refractivity contribution in [1.82, 2.24) is 4.57 Å². The molecule has 0 spiro atoms. The van der Waals surface area contributed by atoms with Gasteiger partial charge in [-0.15, -0.1) is 0 Å². The molecular formula is C13H12N2O. The molecule has 3 heteroatoms. The Morgan fingerprint density at radius 2 is 2.19 bits per heavy atom. The van der Waals surface area contributed by atoms with E-state index in [2.05, 4.69) is 0 Å². The topological polar surface area (TPSA) is 45.8 Å². The summed E-state index contributed by atoms with van der Waals surface area (Å²) in [5.41, 5.74) is 1.95. The second kappa shape index (κ2) is 3.82. The second-order valence-corrected chi connectivity index (χ2v) is 3.79. The lowest BCUT2D eigenvalue weighted by Crippen LogP contribution is -2.12. The summed E-state index contributed by atoms with van der Waals surface area (Å²) in [5, 5.41) is 9.53. The summed E-state index contributed by atoms with van der Waals surface area (Å²) in [6.07, 6.45) is 1.62. The molecule has 1 heterocycles. The lowest BCUT2D eigenvalue weighted by atomic mass is 10.1. The molecule has 0 saturated carbocycles. The standard InChI is InChI=1S/C13H12N2O/c1-3-15-8-10(7-14)13(16)11-6-9(2)4-5-12(11)15/h4-6,8H,3H2,1-2H3. The Hall–Kier alpha value is -2.08. The summed E-state index contributed by atoms with van der Waals surface area (Å²) in [6.45, 7) is 4.67. The van der Waals surface area contributed by atoms with E-state index in [-0.39, 0.29) is 11.0 Å². The van der Waals surface area contributed by atoms with Gasteiger partial charge in [0.25, 0.3) is 0 Å². The van der Waals surface area contributed by atoms with Crippen LogP contribution < -0.4 is 5.43 Å². The van der Waals surface area contributed by atoms with Gasteiger partial charge in [0, 0.05) is 18.1 Å². The first-order valence-corrected chi connectivity index (χ1v) is 5.21. The van der Waals surface area contributed by atoms with Crippen molar-refractivity contribution >= 4 is 10.9 Å². The van der Waals surface area contributed by atoms with E-state index in [9.17, 15) is 4.79 Å². The van der Waals surface area contributed by atoms with Crippen LogP contribution >= 0.6 is 0 Å². The molecule has 0 aliphatic carbocycles. The summed E-state index contributed by atoms with van der Waals surface area (Å²) in [4.78, 5) is 11.9. The van der Waals surface area contributed by atoms with Crippen molar-refractivity contribution < 1.29 is 0 Å². The number of rotatable bonds is 1. The first-order valence-electron chi connectivity index (χ1n) is 5.21. The fourth-order valence-electron chi connectivity index (χ4n) is 1.85. The minimum atomic E-state index is -0.175. The van der Waals surface area contributed by atoms with Gasteiger partial charge in [-0.1, -0.05) is 11.6 Å². The largest absolute Gasteiger partial charge is 0.346 e. The van der Waals surface area contributed by atoms with Gasteiger partial charge in [0.1, 0.15) is 11.6 Å². The Labute approximate surface area is 93.6 Å². The SMILES string of the molecule is CCn1cc(C#N)c(=O)c2cc(C)ccc21. The molecule has 3 nitrogen and oxygen atoms in total. The average molecular weight is 212 g/mol. The lowest BCUT2D eigenvalue weighted by Gasteiger charge is -2.09. The number of aryl methyl sites for hydroxylation is 2. The average Bonchev–Trinajstić information content (AvgIpc) is 2.30. The molecule has 0 amide bonds. The Balaban J connectivity index is 2.99. The van der Waals surface area contributed by atoms with Gasteiger partial charge >= 0.3 is 0 Å². The van der Waals surface area contributed by atoms with E-state index >= 15 is 0 Å². The highest BCUT2D eigenvalue weighted by molar-refractivity contribution is 5.80. The second-order valence-electron chi connectivity index (χ2n) is 3.79. The van der Waals surface area contributed by atoms with Gasteiger partial charge in [-0.05, 0) is 26.0 Å². The highest BCUT2D eigenvalue weighted by Crippen LogP contribution is 2.13. The summed E-state index contributed by atoms with van der Waals surface area (Å²) in [5.74, 6) is 0. The third kappa shape index (κ3) is 1.49. The fraction of sp³-hybridized carbons (Fsp3) is 0.231. The maximum absolute atomic E-state index is 11.9. The maximum Gasteiger partial charge on any atom is 0.207 e. The predicted molar refractivity (Wildman–Crippen MR) is 63.3 cm³/mol. The van der Waals surface area contributed by atoms with Crippen LogP contribution in [-0.2, 0) is 6.54 Å². The molecule has 1 aromatic carbocycles. The zero-order chi connectivity index (χ0) is 11.7. The first kappa shape index (κ1) is 10.4. The van der Waals surface area contributed by atoms with Crippen LogP contribution in [0.25, 0.3) is 10.9 Å². The summed E-state index contributed by atoms with van der Waals surface area (Å²) in [7, 11) is 0. The number of aromatic nitrogens is 1. The molecule has 16 heavy (non-hydrogen) atoms. The zero-order valence-corrected chi connectivity index (χ0v) is 9.32. The Morgan fingerprint density at radius 3 is 2.81 bits per heavy atom. The third-order valence-corrected chi connectivity index (χ3v) is 2.70. The van der Waals surface area contributed by atoms with E-state index in [0.717, 1.165) is 17.6 Å². The molecule has 80 valence electrons. The molecule has 0 saturated heterocycles. The van der Waals surface area contributed by atoms with Crippen LogP contribution in [0.15, 0.2) is 29.2 Å². The van der Waals surface area contributed by atoms with Crippen LogP contribution in [0.3, 0.4) is 0 Å². The van der Waals surface area contributed by atoms with Crippen molar-refractivity contribution in [2.24, 2.45) is 0 Å². The monoisotopic (exact) mass is 212 g/mol. The van der Waals surface area contributed by atoms with Crippen LogP contribution in [0.1, 0.15) is 18.1 Å². The van der Waals surface area contributed by atoms with Gasteiger partial charge in [0.15, 0.2) is 0 Å². The van der Waals surface area contributed by atoms with Gasteiger partial charge in [0.2, 0.25) is 5.43 Å². The van der Waals surface area contributed by atoms with Gasteiger partial charge < -0.3 is 4.57 Å². The van der Waals surface area contributed by atoms with Gasteiger partial charge in [-0.25, -0.2) is 0 Å². The van der Waals surface area contributed by atoms with Crippen molar-refractivity contribution in [2.75, 3.05) is 0 Å². The van der Waals surface area contributed by atoms with Crippen molar-refractivity contribution in [3.05, 3.63) is 45.7 Å². The van der Waals surface area contributed by atoms with Crippen molar-refractivity contribution in [2.45, 2.75) is 20.4 Å². The molecule has 0 bridgehead atoms. The van der Waals surface area contributed by atoms with Gasteiger partial charge in [0.05, 0.1) is 5.52 Å². The number of nitriles is 1. The Morgan fingerprint density at radius 1 is 1.44 bits per heavy atom. The fourth-order valence-corrected chi connectivity index (χ4v) is 1.85. The smallest absolute Gasteiger partial charge is 0.207 e. The highest BCUT2D eigenvalue weighted by atomic mass is 16.1. The van der Waals surface area contributed by atoms with Gasteiger partial charge in [-0.3, -0.25) is 4.79 Å². The van der Waals surface area contributed by atoms with Crippen LogP contribution in [-0.4, -0.2) is 4.57 Å². The number of benzene rings is 1. The molecule has 0 fully saturated rings. The lowest BCUT2D eigenvalue weighted by molar-refractivity contribution is 0.786. The normalized spacial score (nSPS) is 10.3. The maximum atomic E-state index is 11.9. The number of hydrogen-bond acceptors (Lipinski definition) is 2. The Bertz CT molecular complexity index is 647. The molecule has 0 unspecified atom stereocenters. The molecule has 0 aliphatic rings. The van der Waals surface area contributed by atoms with Crippen molar-refractivity contribution in [3.63, 3.8) is 0 Å². The van der Waals surface area contributed by atoms with E-state index in [4.69, 9.17) is 5.26 Å². The van der Waals surface area contributed by atoms with E-state index < -0.39 is 0 Å². The number of nitrogens with zero attached hydrogens (tertiary/aromatic N) is 2. The van der Waals surface area contributed by atoms with Crippen LogP contribution in [0.2, 0.25) is 0 Å². The van der Waals surface area contributed by atoms with Gasteiger partial charge in [-0.2, -0.15) is 5.26 Å². The molecular weight excluding hydrogens is 200 g/mol. The zero-order valence-electron chi connectivity index (χ0n) is 9.32. The van der Waals surface area contributed by atoms with E-state index in [1.54, 1.807) is 6.20 Å². The van der Waals surface area contributed by atoms with E-state index in [1.165, 1.54) is 0 Å². The van der Waals surface area contributed by atoms with E-state index in [0.29, 0.717) is 5.39 Å². The molecule has 1 aromatic heterocycles. The molecule has 0 atom stereocenters. The third-order valence-electron chi connectivity index (χ3n) is 2.70. The minimum absolute atomic E-state index is 0.175. The number of fused-ring (bicyclic) bond motifs is 1. The van der Waals surface area contributed by atoms with Crippen LogP contribution in [0.4, 0.5) is 0 Å². The predicted octanol–water partition coefficient (Wildman–Crippen LogP) is 2.20. The van der Waals surface area contributed by atoms with Crippen molar-refractivity contribution in [3.8, 4) is 6.07 Å². The first-order chi connectivity index (χ1) is 7.67. The molecule has 0 radical (unpaired) electrons. The van der Waals surface area contributed by atoms with Crippen LogP contribution in [0.5, 0.6) is 0 Å². The highest BCUT2D eigenvalue weighted by Gasteiger charge is 2.07. The molecule has 0 N–H and O–H groups in total. The number of hydrogen-bond donors (Lipinski definition) is 0. The summed E-state index contributed by atoms with van der Waals surface area (Å²) in [6, 6.07) is 7.69. The Kier molecular flexibility index (Phi) is 2.49. The molecule has 0 aliphatic heterocycles. The van der Waals surface area contributed by atoms with Crippen LogP contribution in [0, 0.1) is 18.3 Å². The molecule has 2 aromatic rings. The summed E-state index contributed by atoms with van der Waals surface area (Å²) < 4.78 is 1.93. The number of pyridine rings is 1. The van der Waals surface area contributed by atoms with Crippen molar-refractivity contribution in [1.29, 1.82) is 5.26 Å². The quantitative estimate of drug-likeness (QED) is 0.727.